The topological polar surface area (TPSA) is 57.8 Å². The molecule has 1 aromatic carbocycles. The molecule has 5 heteroatoms. The number of benzene rings is 1. The molecule has 2 N–H and O–H groups in total. The summed E-state index contributed by atoms with van der Waals surface area (Å²) in [6, 6.07) is 7.36. The Morgan fingerprint density at radius 2 is 2.12 bits per heavy atom. The van der Waals surface area contributed by atoms with Crippen LogP contribution < -0.4 is 5.32 Å². The fourth-order valence-corrected chi connectivity index (χ4v) is 1.70. The van der Waals surface area contributed by atoms with Crippen LogP contribution in [0, 0.1) is 13.8 Å². The van der Waals surface area contributed by atoms with Crippen molar-refractivity contribution in [2.45, 2.75) is 13.8 Å². The number of halogens is 1. The molecule has 0 aliphatic heterocycles. The van der Waals surface area contributed by atoms with Crippen molar-refractivity contribution in [1.29, 1.82) is 0 Å². The summed E-state index contributed by atoms with van der Waals surface area (Å²) in [6.45, 7) is 3.83. The van der Waals surface area contributed by atoms with Gasteiger partial charge in [0, 0.05) is 15.9 Å². The van der Waals surface area contributed by atoms with Crippen molar-refractivity contribution < 1.29 is 4.79 Å². The lowest BCUT2D eigenvalue weighted by Gasteiger charge is -2.05. The van der Waals surface area contributed by atoms with Crippen molar-refractivity contribution in [1.82, 2.24) is 10.2 Å². The number of carbonyl (C=O) groups is 1. The zero-order valence-corrected chi connectivity index (χ0v) is 11.1. The van der Waals surface area contributed by atoms with Crippen molar-refractivity contribution >= 4 is 27.5 Å². The number of hydrogen-bond acceptors (Lipinski definition) is 2. The maximum Gasteiger partial charge on any atom is 0.276 e. The third-order valence-corrected chi connectivity index (χ3v) is 3.24. The van der Waals surface area contributed by atoms with Crippen LogP contribution in [0.4, 0.5) is 5.69 Å². The summed E-state index contributed by atoms with van der Waals surface area (Å²) in [4.78, 5) is 11.8. The lowest BCUT2D eigenvalue weighted by atomic mass is 10.2. The zero-order valence-electron chi connectivity index (χ0n) is 9.54. The van der Waals surface area contributed by atoms with Crippen LogP contribution in [0.15, 0.2) is 28.7 Å². The van der Waals surface area contributed by atoms with E-state index in [0.717, 1.165) is 21.4 Å². The molecule has 0 fully saturated rings. The third-order valence-electron chi connectivity index (χ3n) is 2.35. The van der Waals surface area contributed by atoms with Crippen LogP contribution in [0.5, 0.6) is 0 Å². The molecular formula is C12H12BrN3O. The van der Waals surface area contributed by atoms with E-state index in [9.17, 15) is 4.79 Å². The van der Waals surface area contributed by atoms with Gasteiger partial charge in [0.15, 0.2) is 5.69 Å². The lowest BCUT2D eigenvalue weighted by molar-refractivity contribution is 0.102. The molecule has 1 amide bonds. The van der Waals surface area contributed by atoms with Gasteiger partial charge in [-0.3, -0.25) is 9.89 Å². The summed E-state index contributed by atoms with van der Waals surface area (Å²) in [6.07, 6.45) is 0. The first kappa shape index (κ1) is 11.9. The molecule has 0 spiro atoms. The quantitative estimate of drug-likeness (QED) is 0.894. The van der Waals surface area contributed by atoms with Gasteiger partial charge in [-0.15, -0.1) is 0 Å². The van der Waals surface area contributed by atoms with E-state index >= 15 is 0 Å². The monoisotopic (exact) mass is 293 g/mol. The molecule has 0 aliphatic rings. The van der Waals surface area contributed by atoms with Crippen LogP contribution in [0.25, 0.3) is 0 Å². The fourth-order valence-electron chi connectivity index (χ4n) is 1.45. The predicted octanol–water partition coefficient (Wildman–Crippen LogP) is 3.04. The molecule has 17 heavy (non-hydrogen) atoms. The summed E-state index contributed by atoms with van der Waals surface area (Å²) >= 11 is 3.41. The molecule has 0 radical (unpaired) electrons. The Labute approximate surface area is 108 Å². The second kappa shape index (κ2) is 4.71. The van der Waals surface area contributed by atoms with Gasteiger partial charge in [0.2, 0.25) is 0 Å². The first-order valence-corrected chi connectivity index (χ1v) is 5.95. The summed E-state index contributed by atoms with van der Waals surface area (Å²) in [5, 5.41) is 9.44. The van der Waals surface area contributed by atoms with Gasteiger partial charge in [0.25, 0.3) is 5.91 Å². The van der Waals surface area contributed by atoms with Gasteiger partial charge in [-0.2, -0.15) is 5.10 Å². The van der Waals surface area contributed by atoms with Crippen molar-refractivity contribution in [2.24, 2.45) is 0 Å². The first-order valence-electron chi connectivity index (χ1n) is 5.16. The number of hydrogen-bond donors (Lipinski definition) is 2. The van der Waals surface area contributed by atoms with Gasteiger partial charge in [0.05, 0.1) is 0 Å². The van der Waals surface area contributed by atoms with Gasteiger partial charge in [0.1, 0.15) is 0 Å². The molecule has 4 nitrogen and oxygen atoms in total. The number of amides is 1. The Bertz CT molecular complexity index is 563. The van der Waals surface area contributed by atoms with Crippen LogP contribution in [0.2, 0.25) is 0 Å². The van der Waals surface area contributed by atoms with E-state index in [1.807, 2.05) is 32.0 Å². The number of H-pyrrole nitrogens is 1. The highest BCUT2D eigenvalue weighted by molar-refractivity contribution is 9.10. The lowest BCUT2D eigenvalue weighted by Crippen LogP contribution is -2.12. The Hall–Kier alpha value is -1.62. The predicted molar refractivity (Wildman–Crippen MR) is 70.2 cm³/mol. The molecule has 0 saturated carbocycles. The van der Waals surface area contributed by atoms with Gasteiger partial charge in [-0.1, -0.05) is 15.9 Å². The normalized spacial score (nSPS) is 10.3. The number of anilines is 1. The first-order chi connectivity index (χ1) is 8.06. The molecule has 88 valence electrons. The van der Waals surface area contributed by atoms with Gasteiger partial charge in [-0.25, -0.2) is 0 Å². The van der Waals surface area contributed by atoms with Crippen molar-refractivity contribution in [3.8, 4) is 0 Å². The van der Waals surface area contributed by atoms with Crippen LogP contribution in [0.3, 0.4) is 0 Å². The summed E-state index contributed by atoms with van der Waals surface area (Å²) in [5.41, 5.74) is 3.09. The minimum atomic E-state index is -0.212. The Kier molecular flexibility index (Phi) is 3.28. The standard InChI is InChI=1S/C12H12BrN3O/c1-7-5-9(3-4-10(7)13)14-12(17)11-6-8(2)15-16-11/h3-6H,1-2H3,(H,14,17)(H,15,16). The summed E-state index contributed by atoms with van der Waals surface area (Å²) in [5.74, 6) is -0.212. The molecule has 0 unspecified atom stereocenters. The highest BCUT2D eigenvalue weighted by Gasteiger charge is 2.09. The zero-order chi connectivity index (χ0) is 12.4. The molecule has 0 saturated heterocycles. The number of aromatic nitrogens is 2. The van der Waals surface area contributed by atoms with E-state index in [1.165, 1.54) is 0 Å². The highest BCUT2D eigenvalue weighted by atomic mass is 79.9. The van der Waals surface area contributed by atoms with Crippen molar-refractivity contribution in [3.05, 3.63) is 45.7 Å². The number of rotatable bonds is 2. The van der Waals surface area contributed by atoms with Crippen LogP contribution in [-0.2, 0) is 0 Å². The van der Waals surface area contributed by atoms with E-state index in [4.69, 9.17) is 0 Å². The van der Waals surface area contributed by atoms with E-state index in [2.05, 4.69) is 31.4 Å². The number of nitrogens with one attached hydrogen (secondary N) is 2. The molecule has 2 aromatic rings. The van der Waals surface area contributed by atoms with Gasteiger partial charge in [-0.05, 0) is 43.7 Å². The van der Waals surface area contributed by atoms with Crippen molar-refractivity contribution in [3.63, 3.8) is 0 Å². The molecule has 2 rings (SSSR count). The molecule has 0 atom stereocenters. The Morgan fingerprint density at radius 3 is 2.71 bits per heavy atom. The Balaban J connectivity index is 2.15. The maximum absolute atomic E-state index is 11.8. The van der Waals surface area contributed by atoms with Gasteiger partial charge < -0.3 is 5.32 Å². The summed E-state index contributed by atoms with van der Waals surface area (Å²) in [7, 11) is 0. The van der Waals surface area contributed by atoms with Crippen LogP contribution in [0.1, 0.15) is 21.7 Å². The molecule has 0 aliphatic carbocycles. The van der Waals surface area contributed by atoms with Crippen LogP contribution in [-0.4, -0.2) is 16.1 Å². The average molecular weight is 294 g/mol. The van der Waals surface area contributed by atoms with E-state index in [1.54, 1.807) is 6.07 Å². The summed E-state index contributed by atoms with van der Waals surface area (Å²) < 4.78 is 1.02. The fraction of sp³-hybridized carbons (Fsp3) is 0.167. The second-order valence-corrected chi connectivity index (χ2v) is 4.71. The number of carbonyl (C=O) groups excluding carboxylic acids is 1. The minimum absolute atomic E-state index is 0.212. The largest absolute Gasteiger partial charge is 0.321 e. The minimum Gasteiger partial charge on any atom is -0.321 e. The maximum atomic E-state index is 11.8. The SMILES string of the molecule is Cc1cc(C(=O)Nc2ccc(Br)c(C)c2)n[nH]1. The smallest absolute Gasteiger partial charge is 0.276 e. The van der Waals surface area contributed by atoms with E-state index in [-0.39, 0.29) is 5.91 Å². The Morgan fingerprint density at radius 1 is 1.35 bits per heavy atom. The third kappa shape index (κ3) is 2.74. The number of aromatic amines is 1. The van der Waals surface area contributed by atoms with E-state index in [0.29, 0.717) is 5.69 Å². The second-order valence-electron chi connectivity index (χ2n) is 3.85. The van der Waals surface area contributed by atoms with Gasteiger partial charge >= 0.3 is 0 Å². The molecule has 0 bridgehead atoms. The molecule has 1 aromatic heterocycles. The number of nitrogens with zero attached hydrogens (tertiary/aromatic N) is 1. The van der Waals surface area contributed by atoms with Crippen LogP contribution >= 0.6 is 15.9 Å². The number of aryl methyl sites for hydroxylation is 2. The van der Waals surface area contributed by atoms with E-state index < -0.39 is 0 Å². The van der Waals surface area contributed by atoms with Crippen molar-refractivity contribution in [2.75, 3.05) is 5.32 Å². The molecular weight excluding hydrogens is 282 g/mol. The average Bonchev–Trinajstić information content (AvgIpc) is 2.70. The highest BCUT2D eigenvalue weighted by Crippen LogP contribution is 2.20. The molecule has 1 heterocycles.